The van der Waals surface area contributed by atoms with Gasteiger partial charge in [0.25, 0.3) is 10.0 Å². The Morgan fingerprint density at radius 2 is 2.00 bits per heavy atom. The van der Waals surface area contributed by atoms with Gasteiger partial charge in [-0.05, 0) is 49.6 Å². The molecule has 2 atom stereocenters. The first kappa shape index (κ1) is 17.7. The number of rotatable bonds is 3. The molecular formula is C19H20N4O3S. The summed E-state index contributed by atoms with van der Waals surface area (Å²) in [6.45, 7) is 2.37. The van der Waals surface area contributed by atoms with E-state index in [2.05, 4.69) is 14.7 Å². The number of sulfonamides is 1. The molecule has 4 rings (SSSR count). The molecule has 8 heteroatoms. The molecule has 7 nitrogen and oxygen atoms in total. The summed E-state index contributed by atoms with van der Waals surface area (Å²) in [7, 11) is -3.61. The van der Waals surface area contributed by atoms with Crippen LogP contribution in [0.2, 0.25) is 0 Å². The van der Waals surface area contributed by atoms with Gasteiger partial charge >= 0.3 is 0 Å². The lowest BCUT2D eigenvalue weighted by Gasteiger charge is -2.26. The molecule has 0 bridgehead atoms. The number of pyridine rings is 1. The zero-order valence-corrected chi connectivity index (χ0v) is 15.7. The molecular weight excluding hydrogens is 364 g/mol. The van der Waals surface area contributed by atoms with Crippen LogP contribution in [-0.2, 0) is 14.8 Å². The number of amidine groups is 1. The lowest BCUT2D eigenvalue weighted by Crippen LogP contribution is -2.37. The van der Waals surface area contributed by atoms with Crippen LogP contribution in [0.3, 0.4) is 0 Å². The quantitative estimate of drug-likeness (QED) is 0.874. The maximum Gasteiger partial charge on any atom is 0.263 e. The molecule has 3 heterocycles. The minimum atomic E-state index is -3.61. The molecule has 1 fully saturated rings. The molecule has 2 aliphatic heterocycles. The van der Waals surface area contributed by atoms with Gasteiger partial charge in [-0.3, -0.25) is 19.5 Å². The van der Waals surface area contributed by atoms with E-state index in [1.165, 1.54) is 6.07 Å². The predicted molar refractivity (Wildman–Crippen MR) is 101 cm³/mol. The minimum absolute atomic E-state index is 0.00991. The molecule has 0 saturated carbocycles. The Bertz CT molecular complexity index is 1000. The molecule has 0 spiro atoms. The van der Waals surface area contributed by atoms with Crippen molar-refractivity contribution in [3.05, 3.63) is 59.9 Å². The second kappa shape index (κ2) is 6.77. The van der Waals surface area contributed by atoms with Gasteiger partial charge in [-0.15, -0.1) is 0 Å². The topological polar surface area (TPSA) is 91.7 Å². The summed E-state index contributed by atoms with van der Waals surface area (Å²) in [6, 6.07) is 9.82. The van der Waals surface area contributed by atoms with Gasteiger partial charge in [-0.1, -0.05) is 12.1 Å². The molecule has 2 aliphatic rings. The third-order valence-electron chi connectivity index (χ3n) is 4.97. The Balaban J connectivity index is 1.59. The normalized spacial score (nSPS) is 23.1. The number of amides is 1. The Morgan fingerprint density at radius 3 is 2.78 bits per heavy atom. The first-order valence-electron chi connectivity index (χ1n) is 8.88. The SMILES string of the molecule is CC(N=C1NS(=O)(=O)c2ccccc21)C(=O)N1CCCC1c1ccncc1. The third kappa shape index (κ3) is 3.21. The van der Waals surface area contributed by atoms with Crippen LogP contribution in [0, 0.1) is 0 Å². The maximum absolute atomic E-state index is 13.0. The maximum atomic E-state index is 13.0. The second-order valence-electron chi connectivity index (χ2n) is 6.73. The standard InChI is InChI=1S/C19H20N4O3S/c1-13(21-18-15-5-2-3-7-17(15)27(25,26)22-18)19(24)23-12-4-6-16(23)14-8-10-20-11-9-14/h2-3,5,7-11,13,16H,4,6,12H2,1H3,(H,21,22). The van der Waals surface area contributed by atoms with Crippen LogP contribution in [0.25, 0.3) is 0 Å². The molecule has 1 saturated heterocycles. The van der Waals surface area contributed by atoms with Crippen molar-refractivity contribution in [1.82, 2.24) is 14.6 Å². The van der Waals surface area contributed by atoms with Crippen molar-refractivity contribution in [3.8, 4) is 0 Å². The van der Waals surface area contributed by atoms with Crippen LogP contribution in [-0.4, -0.2) is 42.6 Å². The third-order valence-corrected chi connectivity index (χ3v) is 6.37. The molecule has 140 valence electrons. The first-order valence-corrected chi connectivity index (χ1v) is 10.4. The molecule has 1 N–H and O–H groups in total. The average molecular weight is 384 g/mol. The van der Waals surface area contributed by atoms with E-state index in [0.29, 0.717) is 12.1 Å². The van der Waals surface area contributed by atoms with Gasteiger partial charge in [0, 0.05) is 24.5 Å². The molecule has 1 amide bonds. The van der Waals surface area contributed by atoms with E-state index in [-0.39, 0.29) is 22.7 Å². The Labute approximate surface area is 158 Å². The van der Waals surface area contributed by atoms with Crippen molar-refractivity contribution in [2.45, 2.75) is 36.7 Å². The van der Waals surface area contributed by atoms with E-state index in [9.17, 15) is 13.2 Å². The van der Waals surface area contributed by atoms with Gasteiger partial charge in [0.2, 0.25) is 5.91 Å². The largest absolute Gasteiger partial charge is 0.334 e. The number of benzene rings is 1. The molecule has 0 aliphatic carbocycles. The van der Waals surface area contributed by atoms with Crippen molar-refractivity contribution >= 4 is 21.8 Å². The number of aliphatic imine (C=N–C) groups is 1. The number of fused-ring (bicyclic) bond motifs is 1. The fraction of sp³-hybridized carbons (Fsp3) is 0.316. The molecule has 1 aromatic heterocycles. The van der Waals surface area contributed by atoms with E-state index in [1.807, 2.05) is 17.0 Å². The van der Waals surface area contributed by atoms with Gasteiger partial charge in [0.1, 0.15) is 11.9 Å². The van der Waals surface area contributed by atoms with Crippen molar-refractivity contribution < 1.29 is 13.2 Å². The Hall–Kier alpha value is -2.74. The molecule has 2 unspecified atom stereocenters. The van der Waals surface area contributed by atoms with Crippen molar-refractivity contribution in [2.24, 2.45) is 4.99 Å². The number of aromatic nitrogens is 1. The van der Waals surface area contributed by atoms with E-state index >= 15 is 0 Å². The summed E-state index contributed by atoms with van der Waals surface area (Å²) < 4.78 is 26.9. The van der Waals surface area contributed by atoms with E-state index in [0.717, 1.165) is 18.4 Å². The van der Waals surface area contributed by atoms with Crippen molar-refractivity contribution in [2.75, 3.05) is 6.54 Å². The monoisotopic (exact) mass is 384 g/mol. The van der Waals surface area contributed by atoms with Gasteiger partial charge in [-0.25, -0.2) is 8.42 Å². The van der Waals surface area contributed by atoms with E-state index < -0.39 is 16.1 Å². The average Bonchev–Trinajstić information content (AvgIpc) is 3.25. The fourth-order valence-electron chi connectivity index (χ4n) is 3.68. The molecule has 1 aromatic carbocycles. The number of carbonyl (C=O) groups excluding carboxylic acids is 1. The van der Waals surface area contributed by atoms with Crippen molar-refractivity contribution in [3.63, 3.8) is 0 Å². The highest BCUT2D eigenvalue weighted by Crippen LogP contribution is 2.32. The number of nitrogens with one attached hydrogen (secondary N) is 1. The molecule has 0 radical (unpaired) electrons. The summed E-state index contributed by atoms with van der Waals surface area (Å²) in [5, 5.41) is 0. The summed E-state index contributed by atoms with van der Waals surface area (Å²) in [5.74, 6) is 0.122. The van der Waals surface area contributed by atoms with Gasteiger partial charge in [0.15, 0.2) is 0 Å². The second-order valence-corrected chi connectivity index (χ2v) is 8.38. The summed E-state index contributed by atoms with van der Waals surface area (Å²) in [4.78, 5) is 23.5. The first-order chi connectivity index (χ1) is 13.0. The van der Waals surface area contributed by atoms with Crippen LogP contribution >= 0.6 is 0 Å². The van der Waals surface area contributed by atoms with Crippen LogP contribution in [0.4, 0.5) is 0 Å². The number of hydrogen-bond donors (Lipinski definition) is 1. The van der Waals surface area contributed by atoms with E-state index in [4.69, 9.17) is 0 Å². The smallest absolute Gasteiger partial charge is 0.263 e. The zero-order chi connectivity index (χ0) is 19.0. The highest BCUT2D eigenvalue weighted by molar-refractivity contribution is 7.90. The summed E-state index contributed by atoms with van der Waals surface area (Å²) in [6.07, 6.45) is 5.28. The lowest BCUT2D eigenvalue weighted by molar-refractivity contribution is -0.133. The Kier molecular flexibility index (Phi) is 4.43. The number of carbonyl (C=O) groups is 1. The highest BCUT2D eigenvalue weighted by atomic mass is 32.2. The molecule has 2 aromatic rings. The fourth-order valence-corrected chi connectivity index (χ4v) is 4.92. The predicted octanol–water partition coefficient (Wildman–Crippen LogP) is 1.87. The van der Waals surface area contributed by atoms with Gasteiger partial charge in [0.05, 0.1) is 10.9 Å². The Morgan fingerprint density at radius 1 is 1.26 bits per heavy atom. The highest BCUT2D eigenvalue weighted by Gasteiger charge is 2.34. The lowest BCUT2D eigenvalue weighted by atomic mass is 10.1. The van der Waals surface area contributed by atoms with Crippen molar-refractivity contribution in [1.29, 1.82) is 0 Å². The number of hydrogen-bond acceptors (Lipinski definition) is 5. The number of nitrogens with zero attached hydrogens (tertiary/aromatic N) is 3. The van der Waals surface area contributed by atoms with Gasteiger partial charge in [-0.2, -0.15) is 0 Å². The van der Waals surface area contributed by atoms with E-state index in [1.54, 1.807) is 37.5 Å². The van der Waals surface area contributed by atoms with Crippen LogP contribution in [0.5, 0.6) is 0 Å². The summed E-state index contributed by atoms with van der Waals surface area (Å²) >= 11 is 0. The minimum Gasteiger partial charge on any atom is -0.334 e. The zero-order valence-electron chi connectivity index (χ0n) is 14.9. The van der Waals surface area contributed by atoms with Crippen LogP contribution in [0.15, 0.2) is 58.7 Å². The molecule has 27 heavy (non-hydrogen) atoms. The van der Waals surface area contributed by atoms with Gasteiger partial charge < -0.3 is 4.90 Å². The number of likely N-dealkylation sites (tertiary alicyclic amines) is 1. The van der Waals surface area contributed by atoms with Crippen LogP contribution < -0.4 is 4.72 Å². The van der Waals surface area contributed by atoms with Crippen LogP contribution in [0.1, 0.15) is 36.9 Å². The summed E-state index contributed by atoms with van der Waals surface area (Å²) in [5.41, 5.74) is 1.56.